The Labute approximate surface area is 178 Å². The average Bonchev–Trinajstić information content (AvgIpc) is 2.71. The van der Waals surface area contributed by atoms with Crippen LogP contribution in [0.1, 0.15) is 33.9 Å². The predicted molar refractivity (Wildman–Crippen MR) is 122 cm³/mol. The molecule has 1 fully saturated rings. The van der Waals surface area contributed by atoms with E-state index >= 15 is 0 Å². The monoisotopic (exact) mass is 402 g/mol. The number of nitrogens with zero attached hydrogens (tertiary/aromatic N) is 5. The molecule has 0 bridgehead atoms. The first-order valence-corrected chi connectivity index (χ1v) is 10.6. The molecule has 1 aliphatic heterocycles. The van der Waals surface area contributed by atoms with Gasteiger partial charge in [0.15, 0.2) is 0 Å². The van der Waals surface area contributed by atoms with Gasteiger partial charge in [-0.1, -0.05) is 30.3 Å². The Morgan fingerprint density at radius 1 is 0.833 bits per heavy atom. The molecule has 1 saturated heterocycles. The maximum Gasteiger partial charge on any atom is 0.223 e. The summed E-state index contributed by atoms with van der Waals surface area (Å²) in [5, 5.41) is 0. The average molecular weight is 403 g/mol. The van der Waals surface area contributed by atoms with Crippen LogP contribution in [0.4, 0.5) is 11.6 Å². The number of nitrogens with two attached hydrogens (primary N) is 1. The molecule has 0 saturated carbocycles. The van der Waals surface area contributed by atoms with Crippen LogP contribution in [0.3, 0.4) is 0 Å². The number of nitrogen functional groups attached to an aromatic ring is 1. The summed E-state index contributed by atoms with van der Waals surface area (Å²) in [5.74, 6) is 1.79. The first-order valence-electron chi connectivity index (χ1n) is 10.6. The molecule has 0 aliphatic carbocycles. The van der Waals surface area contributed by atoms with E-state index in [4.69, 9.17) is 10.7 Å². The maximum atomic E-state index is 6.00. The van der Waals surface area contributed by atoms with Gasteiger partial charge in [-0.2, -0.15) is 9.97 Å². The van der Waals surface area contributed by atoms with Gasteiger partial charge >= 0.3 is 0 Å². The molecule has 3 aromatic rings. The number of hydrogen-bond acceptors (Lipinski definition) is 6. The molecule has 1 aromatic heterocycles. The molecule has 0 unspecified atom stereocenters. The fraction of sp³-hybridized carbons (Fsp3) is 0.375. The highest BCUT2D eigenvalue weighted by Crippen LogP contribution is 2.19. The highest BCUT2D eigenvalue weighted by atomic mass is 15.3. The van der Waals surface area contributed by atoms with Crippen molar-refractivity contribution in [2.75, 3.05) is 36.8 Å². The standard InChI is InChI=1S/C24H30N6/c1-17-5-4-6-21(13-17)30-11-9-29(10-12-30)16-23-26-22(27-24(25)28-23)15-20-8-7-18(2)19(3)14-20/h4-8,13-14H,9-12,15-16H2,1-3H3,(H2,25,26,27,28). The molecule has 0 amide bonds. The van der Waals surface area contributed by atoms with Crippen molar-refractivity contribution in [1.29, 1.82) is 0 Å². The second-order valence-electron chi connectivity index (χ2n) is 8.22. The second kappa shape index (κ2) is 8.79. The SMILES string of the molecule is Cc1cccc(N2CCN(Cc3nc(N)nc(Cc4ccc(C)c(C)c4)n3)CC2)c1. The molecule has 4 rings (SSSR count). The molecule has 6 heteroatoms. The number of aryl methyl sites for hydroxylation is 3. The van der Waals surface area contributed by atoms with Crippen LogP contribution in [0.2, 0.25) is 0 Å². The van der Waals surface area contributed by atoms with Crippen LogP contribution in [0, 0.1) is 20.8 Å². The smallest absolute Gasteiger partial charge is 0.223 e. The molecule has 2 heterocycles. The first kappa shape index (κ1) is 20.3. The van der Waals surface area contributed by atoms with Crippen LogP contribution in [0.5, 0.6) is 0 Å². The second-order valence-corrected chi connectivity index (χ2v) is 8.22. The zero-order chi connectivity index (χ0) is 21.1. The van der Waals surface area contributed by atoms with Crippen LogP contribution in [0.25, 0.3) is 0 Å². The van der Waals surface area contributed by atoms with Crippen molar-refractivity contribution < 1.29 is 0 Å². The lowest BCUT2D eigenvalue weighted by Crippen LogP contribution is -2.46. The minimum atomic E-state index is 0.303. The van der Waals surface area contributed by atoms with E-state index in [0.29, 0.717) is 18.9 Å². The van der Waals surface area contributed by atoms with E-state index in [1.54, 1.807) is 0 Å². The number of piperazine rings is 1. The molecular formula is C24H30N6. The summed E-state index contributed by atoms with van der Waals surface area (Å²) in [7, 11) is 0. The van der Waals surface area contributed by atoms with Crippen LogP contribution < -0.4 is 10.6 Å². The molecule has 156 valence electrons. The van der Waals surface area contributed by atoms with E-state index in [1.807, 2.05) is 0 Å². The zero-order valence-corrected chi connectivity index (χ0v) is 18.1. The van der Waals surface area contributed by atoms with Crippen molar-refractivity contribution in [3.05, 3.63) is 76.4 Å². The molecular weight excluding hydrogens is 372 g/mol. The van der Waals surface area contributed by atoms with E-state index in [1.165, 1.54) is 27.9 Å². The van der Waals surface area contributed by atoms with Gasteiger partial charge in [-0.15, -0.1) is 0 Å². The van der Waals surface area contributed by atoms with Crippen LogP contribution in [-0.2, 0) is 13.0 Å². The number of rotatable bonds is 5. The van der Waals surface area contributed by atoms with Gasteiger partial charge < -0.3 is 10.6 Å². The predicted octanol–water partition coefficient (Wildman–Crippen LogP) is 3.29. The fourth-order valence-corrected chi connectivity index (χ4v) is 3.92. The summed E-state index contributed by atoms with van der Waals surface area (Å²) in [6, 6.07) is 15.2. The Morgan fingerprint density at radius 3 is 2.33 bits per heavy atom. The van der Waals surface area contributed by atoms with Crippen molar-refractivity contribution in [1.82, 2.24) is 19.9 Å². The van der Waals surface area contributed by atoms with Gasteiger partial charge in [0.2, 0.25) is 5.95 Å². The Balaban J connectivity index is 1.39. The van der Waals surface area contributed by atoms with Gasteiger partial charge in [0, 0.05) is 38.3 Å². The minimum absolute atomic E-state index is 0.303. The van der Waals surface area contributed by atoms with Crippen molar-refractivity contribution in [2.45, 2.75) is 33.7 Å². The van der Waals surface area contributed by atoms with Gasteiger partial charge in [-0.05, 0) is 55.2 Å². The summed E-state index contributed by atoms with van der Waals surface area (Å²) in [6.45, 7) is 11.0. The van der Waals surface area contributed by atoms with Crippen molar-refractivity contribution >= 4 is 11.6 Å². The molecule has 6 nitrogen and oxygen atoms in total. The fourth-order valence-electron chi connectivity index (χ4n) is 3.92. The summed E-state index contributed by atoms with van der Waals surface area (Å²) in [6.07, 6.45) is 0.669. The lowest BCUT2D eigenvalue weighted by molar-refractivity contribution is 0.243. The molecule has 2 aromatic carbocycles. The summed E-state index contributed by atoms with van der Waals surface area (Å²) in [4.78, 5) is 18.3. The topological polar surface area (TPSA) is 71.2 Å². The van der Waals surface area contributed by atoms with Crippen LogP contribution in [0.15, 0.2) is 42.5 Å². The molecule has 1 aliphatic rings. The number of aromatic nitrogens is 3. The number of anilines is 2. The highest BCUT2D eigenvalue weighted by Gasteiger charge is 2.19. The van der Waals surface area contributed by atoms with Gasteiger partial charge in [-0.3, -0.25) is 4.90 Å². The molecule has 0 spiro atoms. The third kappa shape index (κ3) is 4.94. The zero-order valence-electron chi connectivity index (χ0n) is 18.1. The third-order valence-electron chi connectivity index (χ3n) is 5.78. The molecule has 0 radical (unpaired) electrons. The highest BCUT2D eigenvalue weighted by molar-refractivity contribution is 5.48. The lowest BCUT2D eigenvalue weighted by atomic mass is 10.0. The van der Waals surface area contributed by atoms with E-state index < -0.39 is 0 Å². The van der Waals surface area contributed by atoms with Crippen LogP contribution in [-0.4, -0.2) is 46.0 Å². The Bertz CT molecular complexity index is 1020. The minimum Gasteiger partial charge on any atom is -0.369 e. The quantitative estimate of drug-likeness (QED) is 0.706. The molecule has 2 N–H and O–H groups in total. The Kier molecular flexibility index (Phi) is 5.95. The van der Waals surface area contributed by atoms with Crippen molar-refractivity contribution in [3.63, 3.8) is 0 Å². The largest absolute Gasteiger partial charge is 0.369 e. The van der Waals surface area contributed by atoms with Gasteiger partial charge in [-0.25, -0.2) is 4.98 Å². The van der Waals surface area contributed by atoms with Crippen LogP contribution >= 0.6 is 0 Å². The maximum absolute atomic E-state index is 6.00. The lowest BCUT2D eigenvalue weighted by Gasteiger charge is -2.35. The van der Waals surface area contributed by atoms with Crippen molar-refractivity contribution in [3.8, 4) is 0 Å². The Morgan fingerprint density at radius 2 is 1.60 bits per heavy atom. The number of benzene rings is 2. The third-order valence-corrected chi connectivity index (χ3v) is 5.78. The Hall–Kier alpha value is -2.99. The molecule has 30 heavy (non-hydrogen) atoms. The normalized spacial score (nSPS) is 14.8. The van der Waals surface area contributed by atoms with E-state index in [2.05, 4.69) is 83.0 Å². The van der Waals surface area contributed by atoms with Gasteiger partial charge in [0.05, 0.1) is 6.54 Å². The van der Waals surface area contributed by atoms with E-state index in [-0.39, 0.29) is 0 Å². The van der Waals surface area contributed by atoms with E-state index in [9.17, 15) is 0 Å². The summed E-state index contributed by atoms with van der Waals surface area (Å²) < 4.78 is 0. The van der Waals surface area contributed by atoms with Gasteiger partial charge in [0.25, 0.3) is 0 Å². The van der Waals surface area contributed by atoms with Crippen molar-refractivity contribution in [2.24, 2.45) is 0 Å². The van der Waals surface area contributed by atoms with Gasteiger partial charge in [0.1, 0.15) is 11.6 Å². The summed E-state index contributed by atoms with van der Waals surface area (Å²) in [5.41, 5.74) is 12.4. The number of hydrogen-bond donors (Lipinski definition) is 1. The first-order chi connectivity index (χ1) is 14.5. The molecule has 0 atom stereocenters. The summed E-state index contributed by atoms with van der Waals surface area (Å²) >= 11 is 0. The van der Waals surface area contributed by atoms with E-state index in [0.717, 1.165) is 37.8 Å².